The molecule has 0 radical (unpaired) electrons. The first kappa shape index (κ1) is 19.9. The maximum atomic E-state index is 10.9. The van der Waals surface area contributed by atoms with Gasteiger partial charge in [0.2, 0.25) is 0 Å². The highest BCUT2D eigenvalue weighted by atomic mass is 16.6. The van der Waals surface area contributed by atoms with Crippen LogP contribution in [-0.4, -0.2) is 36.2 Å². The molecule has 0 amide bonds. The standard InChI is InChI=1S/C12H16N2O3.C5H10O2/c1-9-4-5-11(14(15)16)12(7-9)17-10-3-2-6-13-8-10;1-5(2,3)7-4-6/h4-5,7,10,13H,2-3,6,8H2,1H3;4H,1-3H3/t10-;/m0./s1. The number of nitrogens with zero attached hydrogens (tertiary/aromatic N) is 1. The van der Waals surface area contributed by atoms with Gasteiger partial charge in [0.05, 0.1) is 4.92 Å². The Labute approximate surface area is 142 Å². The van der Waals surface area contributed by atoms with Crippen molar-refractivity contribution in [2.24, 2.45) is 0 Å². The molecule has 1 aliphatic heterocycles. The predicted octanol–water partition coefficient (Wildman–Crippen LogP) is 2.99. The number of benzene rings is 1. The van der Waals surface area contributed by atoms with Gasteiger partial charge in [-0.05, 0) is 58.7 Å². The molecule has 1 aliphatic rings. The second kappa shape index (κ2) is 9.22. The number of piperidine rings is 1. The van der Waals surface area contributed by atoms with E-state index in [1.165, 1.54) is 6.07 Å². The lowest BCUT2D eigenvalue weighted by Crippen LogP contribution is -2.37. The molecule has 0 aliphatic carbocycles. The molecule has 1 saturated heterocycles. The van der Waals surface area contributed by atoms with Crippen molar-refractivity contribution in [3.63, 3.8) is 0 Å². The molecule has 1 aromatic carbocycles. The smallest absolute Gasteiger partial charge is 0.310 e. The summed E-state index contributed by atoms with van der Waals surface area (Å²) in [7, 11) is 0. The monoisotopic (exact) mass is 338 g/mol. The van der Waals surface area contributed by atoms with E-state index in [0.717, 1.165) is 31.5 Å². The number of nitrogens with one attached hydrogen (secondary N) is 1. The number of carbonyl (C=O) groups excluding carboxylic acids is 1. The fraction of sp³-hybridized carbons (Fsp3) is 0.588. The van der Waals surface area contributed by atoms with E-state index < -0.39 is 4.92 Å². The van der Waals surface area contributed by atoms with Crippen molar-refractivity contribution in [3.8, 4) is 5.75 Å². The van der Waals surface area contributed by atoms with Crippen molar-refractivity contribution in [1.82, 2.24) is 5.32 Å². The fourth-order valence-electron chi connectivity index (χ4n) is 2.11. The third-order valence-corrected chi connectivity index (χ3v) is 3.26. The van der Waals surface area contributed by atoms with Crippen LogP contribution in [0.5, 0.6) is 5.75 Å². The van der Waals surface area contributed by atoms with E-state index in [1.807, 2.05) is 27.7 Å². The quantitative estimate of drug-likeness (QED) is 0.515. The Hall–Kier alpha value is -2.15. The van der Waals surface area contributed by atoms with E-state index in [1.54, 1.807) is 12.1 Å². The van der Waals surface area contributed by atoms with Crippen LogP contribution < -0.4 is 10.1 Å². The summed E-state index contributed by atoms with van der Waals surface area (Å²) in [4.78, 5) is 20.1. The predicted molar refractivity (Wildman–Crippen MR) is 91.3 cm³/mol. The Balaban J connectivity index is 0.000000351. The highest BCUT2D eigenvalue weighted by Gasteiger charge is 2.20. The number of hydrogen-bond donors (Lipinski definition) is 1. The zero-order chi connectivity index (χ0) is 18.2. The van der Waals surface area contributed by atoms with Gasteiger partial charge >= 0.3 is 5.69 Å². The third kappa shape index (κ3) is 7.41. The molecule has 7 heteroatoms. The van der Waals surface area contributed by atoms with Gasteiger partial charge in [-0.25, -0.2) is 0 Å². The third-order valence-electron chi connectivity index (χ3n) is 3.26. The minimum Gasteiger partial charge on any atom is -0.482 e. The largest absolute Gasteiger partial charge is 0.482 e. The van der Waals surface area contributed by atoms with Gasteiger partial charge in [0.1, 0.15) is 11.7 Å². The maximum Gasteiger partial charge on any atom is 0.310 e. The van der Waals surface area contributed by atoms with Gasteiger partial charge in [0, 0.05) is 12.6 Å². The Morgan fingerprint density at radius 2 is 2.08 bits per heavy atom. The van der Waals surface area contributed by atoms with Crippen molar-refractivity contribution in [2.45, 2.75) is 52.2 Å². The van der Waals surface area contributed by atoms with Crippen molar-refractivity contribution >= 4 is 12.2 Å². The summed E-state index contributed by atoms with van der Waals surface area (Å²) in [6, 6.07) is 4.96. The lowest BCUT2D eigenvalue weighted by molar-refractivity contribution is -0.386. The van der Waals surface area contributed by atoms with Crippen LogP contribution in [0.3, 0.4) is 0 Å². The van der Waals surface area contributed by atoms with Crippen LogP contribution in [0.4, 0.5) is 5.69 Å². The van der Waals surface area contributed by atoms with Gasteiger partial charge in [-0.1, -0.05) is 6.07 Å². The van der Waals surface area contributed by atoms with Gasteiger partial charge in [0.15, 0.2) is 5.75 Å². The van der Waals surface area contributed by atoms with E-state index in [9.17, 15) is 14.9 Å². The first-order valence-electron chi connectivity index (χ1n) is 7.97. The summed E-state index contributed by atoms with van der Waals surface area (Å²) in [6.45, 7) is 9.57. The number of ether oxygens (including phenoxy) is 2. The first-order chi connectivity index (χ1) is 11.2. The van der Waals surface area contributed by atoms with Crippen LogP contribution in [0.25, 0.3) is 0 Å². The minimum atomic E-state index is -0.398. The lowest BCUT2D eigenvalue weighted by atomic mass is 10.1. The molecule has 1 heterocycles. The molecule has 1 atom stereocenters. The zero-order valence-corrected chi connectivity index (χ0v) is 14.7. The molecule has 7 nitrogen and oxygen atoms in total. The maximum absolute atomic E-state index is 10.9. The SMILES string of the molecule is CC(C)(C)OC=O.Cc1ccc([N+](=O)[O-])c(O[C@H]2CCCNC2)c1. The fourth-order valence-corrected chi connectivity index (χ4v) is 2.11. The summed E-state index contributed by atoms with van der Waals surface area (Å²) in [5.74, 6) is 0.378. The molecule has 0 unspecified atom stereocenters. The van der Waals surface area contributed by atoms with Crippen LogP contribution in [0.1, 0.15) is 39.2 Å². The van der Waals surface area contributed by atoms with Crippen LogP contribution in [0.2, 0.25) is 0 Å². The summed E-state index contributed by atoms with van der Waals surface area (Å²) in [5.41, 5.74) is 0.692. The topological polar surface area (TPSA) is 90.7 Å². The molecule has 1 N–H and O–H groups in total. The zero-order valence-electron chi connectivity index (χ0n) is 14.7. The summed E-state index contributed by atoms with van der Waals surface area (Å²) < 4.78 is 10.3. The Morgan fingerprint density at radius 1 is 1.38 bits per heavy atom. The highest BCUT2D eigenvalue weighted by Crippen LogP contribution is 2.29. The van der Waals surface area contributed by atoms with Crippen molar-refractivity contribution in [2.75, 3.05) is 13.1 Å². The Kier molecular flexibility index (Phi) is 7.64. The first-order valence-corrected chi connectivity index (χ1v) is 7.97. The average molecular weight is 338 g/mol. The minimum absolute atomic E-state index is 0.0317. The Bertz CT molecular complexity index is 548. The molecule has 0 aromatic heterocycles. The molecule has 24 heavy (non-hydrogen) atoms. The average Bonchev–Trinajstić information content (AvgIpc) is 2.47. The summed E-state index contributed by atoms with van der Waals surface area (Å²) in [5, 5.41) is 14.1. The van der Waals surface area contributed by atoms with E-state index in [-0.39, 0.29) is 17.4 Å². The van der Waals surface area contributed by atoms with Gasteiger partial charge in [-0.15, -0.1) is 0 Å². The number of carbonyl (C=O) groups is 1. The lowest BCUT2D eigenvalue weighted by Gasteiger charge is -2.23. The normalized spacial score (nSPS) is 17.2. The van der Waals surface area contributed by atoms with E-state index in [2.05, 4.69) is 10.1 Å². The van der Waals surface area contributed by atoms with Crippen LogP contribution in [-0.2, 0) is 9.53 Å². The van der Waals surface area contributed by atoms with E-state index in [4.69, 9.17) is 4.74 Å². The van der Waals surface area contributed by atoms with Crippen LogP contribution >= 0.6 is 0 Å². The van der Waals surface area contributed by atoms with Crippen LogP contribution in [0, 0.1) is 17.0 Å². The molecule has 2 rings (SSSR count). The van der Waals surface area contributed by atoms with Gasteiger partial charge in [-0.3, -0.25) is 14.9 Å². The van der Waals surface area contributed by atoms with Gasteiger partial charge < -0.3 is 14.8 Å². The highest BCUT2D eigenvalue weighted by molar-refractivity contribution is 5.48. The molecule has 0 bridgehead atoms. The number of hydrogen-bond acceptors (Lipinski definition) is 6. The van der Waals surface area contributed by atoms with Crippen molar-refractivity contribution in [3.05, 3.63) is 33.9 Å². The van der Waals surface area contributed by atoms with Gasteiger partial charge in [-0.2, -0.15) is 0 Å². The molecule has 134 valence electrons. The number of nitro groups is 1. The van der Waals surface area contributed by atoms with Crippen molar-refractivity contribution < 1.29 is 19.2 Å². The van der Waals surface area contributed by atoms with E-state index >= 15 is 0 Å². The number of nitro benzene ring substituents is 1. The molecular weight excluding hydrogens is 312 g/mol. The second-order valence-corrected chi connectivity index (χ2v) is 6.64. The van der Waals surface area contributed by atoms with E-state index in [0.29, 0.717) is 12.2 Å². The van der Waals surface area contributed by atoms with Crippen LogP contribution in [0.15, 0.2) is 18.2 Å². The van der Waals surface area contributed by atoms with Gasteiger partial charge in [0.25, 0.3) is 6.47 Å². The molecule has 1 aromatic rings. The summed E-state index contributed by atoms with van der Waals surface area (Å²) >= 11 is 0. The molecule has 1 fully saturated rings. The number of aryl methyl sites for hydroxylation is 1. The number of rotatable bonds is 4. The summed E-state index contributed by atoms with van der Waals surface area (Å²) in [6.07, 6.45) is 2.02. The van der Waals surface area contributed by atoms with Crippen molar-refractivity contribution in [1.29, 1.82) is 0 Å². The second-order valence-electron chi connectivity index (χ2n) is 6.64. The molecule has 0 saturated carbocycles. The Morgan fingerprint density at radius 3 is 2.54 bits per heavy atom. The molecule has 0 spiro atoms. The molecular formula is C17H26N2O5.